The molecule has 1 aliphatic rings. The zero-order valence-corrected chi connectivity index (χ0v) is 17.9. The van der Waals surface area contributed by atoms with Gasteiger partial charge in [-0.05, 0) is 25.2 Å². The molecule has 0 atom stereocenters. The van der Waals surface area contributed by atoms with Gasteiger partial charge >= 0.3 is 6.18 Å². The number of piperazine rings is 1. The third kappa shape index (κ3) is 4.58. The minimum Gasteiger partial charge on any atom is -0.483 e. The first-order valence-electron chi connectivity index (χ1n) is 10.1. The van der Waals surface area contributed by atoms with Crippen LogP contribution in [0.3, 0.4) is 0 Å². The number of carbonyl (C=O) groups excluding carboxylic acids is 1. The first kappa shape index (κ1) is 22.5. The smallest absolute Gasteiger partial charge is 0.419 e. The molecule has 1 aromatic carbocycles. The largest absolute Gasteiger partial charge is 0.483 e. The predicted molar refractivity (Wildman–Crippen MR) is 111 cm³/mol. The van der Waals surface area contributed by atoms with E-state index in [2.05, 4.69) is 19.9 Å². The van der Waals surface area contributed by atoms with Crippen molar-refractivity contribution in [1.29, 1.82) is 5.26 Å². The molecule has 0 aliphatic carbocycles. The van der Waals surface area contributed by atoms with E-state index in [0.717, 1.165) is 12.1 Å². The number of alkyl halides is 3. The Balaban J connectivity index is 1.65. The molecule has 0 unspecified atom stereocenters. The second-order valence-corrected chi connectivity index (χ2v) is 7.72. The summed E-state index contributed by atoms with van der Waals surface area (Å²) in [4.78, 5) is 28.3. The third-order valence-corrected chi connectivity index (χ3v) is 5.43. The zero-order chi connectivity index (χ0) is 23.8. The molecule has 0 spiro atoms. The Morgan fingerprint density at radius 1 is 1.18 bits per heavy atom. The van der Waals surface area contributed by atoms with Crippen LogP contribution in [0.1, 0.15) is 11.4 Å². The number of fused-ring (bicyclic) bond motifs is 1. The molecule has 172 valence electrons. The lowest BCUT2D eigenvalue weighted by atomic mass is 10.1. The second kappa shape index (κ2) is 8.67. The van der Waals surface area contributed by atoms with E-state index in [1.165, 1.54) is 12.4 Å². The van der Waals surface area contributed by atoms with Crippen LogP contribution >= 0.6 is 0 Å². The van der Waals surface area contributed by atoms with Gasteiger partial charge in [-0.3, -0.25) is 4.79 Å². The molecule has 0 saturated carbocycles. The van der Waals surface area contributed by atoms with Gasteiger partial charge in [-0.1, -0.05) is 0 Å². The fourth-order valence-corrected chi connectivity index (χ4v) is 3.57. The molecular formula is C21H20F3N7O2. The molecule has 0 radical (unpaired) electrons. The lowest BCUT2D eigenvalue weighted by Crippen LogP contribution is -2.48. The van der Waals surface area contributed by atoms with E-state index in [0.29, 0.717) is 31.8 Å². The maximum atomic E-state index is 13.8. The Morgan fingerprint density at radius 3 is 2.58 bits per heavy atom. The lowest BCUT2D eigenvalue weighted by molar-refractivity contribution is -0.141. The molecular weight excluding hydrogens is 439 g/mol. The van der Waals surface area contributed by atoms with Gasteiger partial charge < -0.3 is 19.1 Å². The van der Waals surface area contributed by atoms with Crippen LogP contribution in [0.15, 0.2) is 24.5 Å². The number of aromatic nitrogens is 4. The van der Waals surface area contributed by atoms with Crippen molar-refractivity contribution in [3.05, 3.63) is 35.9 Å². The number of nitriles is 1. The number of amides is 1. The number of ether oxygens (including phenoxy) is 1. The van der Waals surface area contributed by atoms with Crippen LogP contribution in [0.5, 0.6) is 5.75 Å². The number of imidazole rings is 1. The molecule has 12 heteroatoms. The maximum absolute atomic E-state index is 13.8. The van der Waals surface area contributed by atoms with E-state index >= 15 is 0 Å². The molecule has 1 amide bonds. The fraction of sp³-hybridized carbons (Fsp3) is 0.381. The van der Waals surface area contributed by atoms with E-state index in [-0.39, 0.29) is 28.5 Å². The van der Waals surface area contributed by atoms with Gasteiger partial charge in [0.25, 0.3) is 5.91 Å². The molecule has 0 bridgehead atoms. The predicted octanol–water partition coefficient (Wildman–Crippen LogP) is 2.07. The summed E-state index contributed by atoms with van der Waals surface area (Å²) >= 11 is 0. The monoisotopic (exact) mass is 459 g/mol. The highest BCUT2D eigenvalue weighted by Gasteiger charge is 2.35. The van der Waals surface area contributed by atoms with Gasteiger partial charge in [-0.25, -0.2) is 9.97 Å². The van der Waals surface area contributed by atoms with Crippen molar-refractivity contribution in [1.82, 2.24) is 29.3 Å². The summed E-state index contributed by atoms with van der Waals surface area (Å²) in [5.74, 6) is -1.02. The summed E-state index contributed by atoms with van der Waals surface area (Å²) in [5, 5.41) is 9.23. The van der Waals surface area contributed by atoms with Crippen molar-refractivity contribution in [3.8, 4) is 23.1 Å². The summed E-state index contributed by atoms with van der Waals surface area (Å²) in [7, 11) is 3.59. The number of hydrogen-bond donors (Lipinski definition) is 0. The van der Waals surface area contributed by atoms with E-state index < -0.39 is 24.1 Å². The molecule has 4 rings (SSSR count). The highest BCUT2D eigenvalue weighted by Crippen LogP contribution is 2.39. The van der Waals surface area contributed by atoms with Crippen LogP contribution in [0.25, 0.3) is 22.4 Å². The van der Waals surface area contributed by atoms with Gasteiger partial charge in [0.05, 0.1) is 11.9 Å². The third-order valence-electron chi connectivity index (χ3n) is 5.43. The van der Waals surface area contributed by atoms with Crippen molar-refractivity contribution in [2.45, 2.75) is 6.18 Å². The number of likely N-dealkylation sites (N-methyl/N-ethyl adjacent to an activating group) is 1. The minimum atomic E-state index is -4.74. The van der Waals surface area contributed by atoms with E-state index in [1.54, 1.807) is 16.5 Å². The minimum absolute atomic E-state index is 0.0997. The van der Waals surface area contributed by atoms with Crippen LogP contribution in [0.2, 0.25) is 0 Å². The van der Waals surface area contributed by atoms with Crippen molar-refractivity contribution in [3.63, 3.8) is 0 Å². The Hall–Kier alpha value is -3.72. The standard InChI is InChI=1S/C21H20F3N7O2/c1-29-5-7-31(8-6-29)17(32)11-33-15-4-3-13(9-14(15)21(22,23)24)18-19-20(30(2)12-26-19)28-16(10-25)27-18/h3-4,9,12H,5-8,11H2,1-2H3. The van der Waals surface area contributed by atoms with Crippen molar-refractivity contribution in [2.75, 3.05) is 39.8 Å². The topological polar surface area (TPSA) is 100 Å². The summed E-state index contributed by atoms with van der Waals surface area (Å²) in [6.07, 6.45) is -3.30. The number of hydrogen-bond acceptors (Lipinski definition) is 7. The number of rotatable bonds is 4. The SMILES string of the molecule is CN1CCN(C(=O)COc2ccc(-c3nc(C#N)nc4c3ncn4C)cc2C(F)(F)F)CC1. The Kier molecular flexibility index (Phi) is 5.90. The van der Waals surface area contributed by atoms with E-state index in [1.807, 2.05) is 13.1 Å². The number of benzene rings is 1. The van der Waals surface area contributed by atoms with Crippen LogP contribution < -0.4 is 4.74 Å². The van der Waals surface area contributed by atoms with Gasteiger partial charge in [0.1, 0.15) is 23.0 Å². The highest BCUT2D eigenvalue weighted by atomic mass is 19.4. The number of nitrogens with zero attached hydrogens (tertiary/aromatic N) is 7. The molecule has 1 saturated heterocycles. The van der Waals surface area contributed by atoms with Gasteiger partial charge in [0.2, 0.25) is 5.82 Å². The van der Waals surface area contributed by atoms with E-state index in [9.17, 15) is 23.2 Å². The molecule has 1 fully saturated rings. The van der Waals surface area contributed by atoms with Gasteiger partial charge in [0.15, 0.2) is 12.3 Å². The Morgan fingerprint density at radius 2 is 1.91 bits per heavy atom. The van der Waals surface area contributed by atoms with Crippen LogP contribution in [0.4, 0.5) is 13.2 Å². The molecule has 0 N–H and O–H groups in total. The highest BCUT2D eigenvalue weighted by molar-refractivity contribution is 5.88. The maximum Gasteiger partial charge on any atom is 0.419 e. The molecule has 1 aliphatic heterocycles. The number of aryl methyl sites for hydroxylation is 1. The quantitative estimate of drug-likeness (QED) is 0.589. The number of carbonyl (C=O) groups is 1. The van der Waals surface area contributed by atoms with E-state index in [4.69, 9.17) is 4.74 Å². The Bertz CT molecular complexity index is 1240. The summed E-state index contributed by atoms with van der Waals surface area (Å²) < 4.78 is 48.4. The summed E-state index contributed by atoms with van der Waals surface area (Å²) in [6, 6.07) is 5.24. The average Bonchev–Trinajstić information content (AvgIpc) is 3.17. The average molecular weight is 459 g/mol. The first-order chi connectivity index (χ1) is 15.7. The zero-order valence-electron chi connectivity index (χ0n) is 17.9. The van der Waals surface area contributed by atoms with Gasteiger partial charge in [-0.2, -0.15) is 23.4 Å². The number of halogens is 3. The van der Waals surface area contributed by atoms with Gasteiger partial charge in [0, 0.05) is 38.8 Å². The molecule has 33 heavy (non-hydrogen) atoms. The normalized spacial score (nSPS) is 15.0. The molecule has 3 heterocycles. The summed E-state index contributed by atoms with van der Waals surface area (Å²) in [6.45, 7) is 1.89. The second-order valence-electron chi connectivity index (χ2n) is 7.72. The van der Waals surface area contributed by atoms with Crippen LogP contribution in [-0.4, -0.2) is 75.1 Å². The molecule has 2 aromatic heterocycles. The Labute approximate surface area is 187 Å². The summed E-state index contributed by atoms with van der Waals surface area (Å²) in [5.41, 5.74) is -0.260. The van der Waals surface area contributed by atoms with Crippen molar-refractivity contribution in [2.24, 2.45) is 7.05 Å². The van der Waals surface area contributed by atoms with Crippen LogP contribution in [0, 0.1) is 11.3 Å². The molecule has 9 nitrogen and oxygen atoms in total. The van der Waals surface area contributed by atoms with Crippen molar-refractivity contribution < 1.29 is 22.7 Å². The molecule has 3 aromatic rings. The van der Waals surface area contributed by atoms with Crippen molar-refractivity contribution >= 4 is 17.1 Å². The van der Waals surface area contributed by atoms with Crippen LogP contribution in [-0.2, 0) is 18.0 Å². The first-order valence-corrected chi connectivity index (χ1v) is 10.1. The van der Waals surface area contributed by atoms with Gasteiger partial charge in [-0.15, -0.1) is 0 Å². The fourth-order valence-electron chi connectivity index (χ4n) is 3.57. The lowest BCUT2D eigenvalue weighted by Gasteiger charge is -2.32.